The lowest BCUT2D eigenvalue weighted by Crippen LogP contribution is -2.28. The molecule has 8 nitrogen and oxygen atoms in total. The Labute approximate surface area is 134 Å². The number of anilines is 2. The molecule has 0 unspecified atom stereocenters. The fraction of sp³-hybridized carbons (Fsp3) is 0.286. The predicted molar refractivity (Wildman–Crippen MR) is 85.7 cm³/mol. The van der Waals surface area contributed by atoms with Crippen LogP contribution in [0.15, 0.2) is 29.2 Å². The maximum Gasteiger partial charge on any atom is 0.345 e. The maximum absolute atomic E-state index is 12.7. The SMILES string of the molecule is CCOC(=O)c1c(N(C)S(=O)(=O)c2ccc(C)cc2)n[nH]c1N. The van der Waals surface area contributed by atoms with Gasteiger partial charge in [-0.05, 0) is 26.0 Å². The molecule has 2 rings (SSSR count). The van der Waals surface area contributed by atoms with Crippen LogP contribution in [0, 0.1) is 6.92 Å². The fourth-order valence-corrected chi connectivity index (χ4v) is 3.12. The van der Waals surface area contributed by atoms with E-state index in [0.29, 0.717) is 0 Å². The van der Waals surface area contributed by atoms with Gasteiger partial charge in [0.2, 0.25) is 0 Å². The van der Waals surface area contributed by atoms with Crippen molar-refractivity contribution in [2.75, 3.05) is 23.7 Å². The molecule has 3 N–H and O–H groups in total. The first-order valence-corrected chi connectivity index (χ1v) is 8.29. The van der Waals surface area contributed by atoms with Gasteiger partial charge >= 0.3 is 5.97 Å². The molecule has 0 aliphatic rings. The number of hydrogen-bond acceptors (Lipinski definition) is 6. The minimum atomic E-state index is -3.88. The third-order valence-corrected chi connectivity index (χ3v) is 4.99. The molecule has 0 atom stereocenters. The van der Waals surface area contributed by atoms with Crippen LogP contribution in [-0.2, 0) is 14.8 Å². The van der Waals surface area contributed by atoms with E-state index in [2.05, 4.69) is 10.2 Å². The van der Waals surface area contributed by atoms with Crippen molar-refractivity contribution in [1.82, 2.24) is 10.2 Å². The van der Waals surface area contributed by atoms with Crippen molar-refractivity contribution in [1.29, 1.82) is 0 Å². The van der Waals surface area contributed by atoms with Crippen LogP contribution in [-0.4, -0.2) is 38.2 Å². The maximum atomic E-state index is 12.7. The number of carbonyl (C=O) groups is 1. The Bertz CT molecular complexity index is 812. The van der Waals surface area contributed by atoms with Gasteiger partial charge in [0.1, 0.15) is 11.4 Å². The number of H-pyrrole nitrogens is 1. The van der Waals surface area contributed by atoms with Crippen LogP contribution in [0.3, 0.4) is 0 Å². The number of aromatic nitrogens is 2. The van der Waals surface area contributed by atoms with Crippen molar-refractivity contribution in [2.45, 2.75) is 18.7 Å². The summed E-state index contributed by atoms with van der Waals surface area (Å²) in [6, 6.07) is 6.35. The molecule has 0 aliphatic heterocycles. The Kier molecular flexibility index (Phi) is 4.60. The molecule has 0 saturated carbocycles. The molecule has 1 aromatic heterocycles. The summed E-state index contributed by atoms with van der Waals surface area (Å²) in [7, 11) is -2.58. The topological polar surface area (TPSA) is 118 Å². The van der Waals surface area contributed by atoms with E-state index in [9.17, 15) is 13.2 Å². The molecule has 0 saturated heterocycles. The van der Waals surface area contributed by atoms with Gasteiger partial charge in [-0.3, -0.25) is 9.40 Å². The summed E-state index contributed by atoms with van der Waals surface area (Å²) in [5.74, 6) is -0.898. The van der Waals surface area contributed by atoms with Crippen molar-refractivity contribution in [2.24, 2.45) is 0 Å². The van der Waals surface area contributed by atoms with E-state index in [1.165, 1.54) is 19.2 Å². The zero-order chi connectivity index (χ0) is 17.2. The van der Waals surface area contributed by atoms with E-state index in [-0.39, 0.29) is 28.7 Å². The highest BCUT2D eigenvalue weighted by molar-refractivity contribution is 7.92. The van der Waals surface area contributed by atoms with Crippen LogP contribution >= 0.6 is 0 Å². The third-order valence-electron chi connectivity index (χ3n) is 3.23. The van der Waals surface area contributed by atoms with Gasteiger partial charge in [0.05, 0.1) is 11.5 Å². The van der Waals surface area contributed by atoms with E-state index >= 15 is 0 Å². The summed E-state index contributed by atoms with van der Waals surface area (Å²) in [5, 5.41) is 6.24. The number of rotatable bonds is 5. The highest BCUT2D eigenvalue weighted by Crippen LogP contribution is 2.27. The number of sulfonamides is 1. The molecule has 1 heterocycles. The number of benzene rings is 1. The normalized spacial score (nSPS) is 11.3. The molecule has 0 aliphatic carbocycles. The Morgan fingerprint density at radius 2 is 1.96 bits per heavy atom. The third kappa shape index (κ3) is 3.14. The molecule has 2 aromatic rings. The molecule has 124 valence electrons. The van der Waals surface area contributed by atoms with Crippen LogP contribution in [0.2, 0.25) is 0 Å². The molecular formula is C14H18N4O4S. The van der Waals surface area contributed by atoms with Crippen LogP contribution in [0.1, 0.15) is 22.8 Å². The highest BCUT2D eigenvalue weighted by atomic mass is 32.2. The number of aryl methyl sites for hydroxylation is 1. The number of nitrogens with two attached hydrogens (primary N) is 1. The van der Waals surface area contributed by atoms with Crippen molar-refractivity contribution in [3.63, 3.8) is 0 Å². The first-order valence-electron chi connectivity index (χ1n) is 6.85. The first kappa shape index (κ1) is 16.8. The van der Waals surface area contributed by atoms with E-state index in [0.717, 1.165) is 9.87 Å². The quantitative estimate of drug-likeness (QED) is 0.793. The second kappa shape index (κ2) is 6.29. The van der Waals surface area contributed by atoms with Crippen LogP contribution < -0.4 is 10.0 Å². The van der Waals surface area contributed by atoms with E-state index in [1.807, 2.05) is 6.92 Å². The van der Waals surface area contributed by atoms with Gasteiger partial charge in [-0.25, -0.2) is 13.2 Å². The van der Waals surface area contributed by atoms with Crippen molar-refractivity contribution >= 4 is 27.6 Å². The minimum Gasteiger partial charge on any atom is -0.462 e. The van der Waals surface area contributed by atoms with Gasteiger partial charge in [-0.15, -0.1) is 0 Å². The number of hydrogen-bond donors (Lipinski definition) is 2. The molecule has 0 amide bonds. The average Bonchev–Trinajstić information content (AvgIpc) is 2.88. The minimum absolute atomic E-state index is 0.0515. The molecular weight excluding hydrogens is 320 g/mol. The first-order chi connectivity index (χ1) is 10.8. The lowest BCUT2D eigenvalue weighted by molar-refractivity contribution is 0.0528. The lowest BCUT2D eigenvalue weighted by atomic mass is 10.2. The number of esters is 1. The molecule has 0 radical (unpaired) electrons. The summed E-state index contributed by atoms with van der Waals surface area (Å²) < 4.78 is 31.1. The van der Waals surface area contributed by atoms with Gasteiger partial charge in [0.25, 0.3) is 10.0 Å². The number of nitrogens with one attached hydrogen (secondary N) is 1. The van der Waals surface area contributed by atoms with Gasteiger partial charge in [-0.2, -0.15) is 5.10 Å². The van der Waals surface area contributed by atoms with Gasteiger partial charge in [0.15, 0.2) is 5.82 Å². The smallest absolute Gasteiger partial charge is 0.345 e. The number of nitrogen functional groups attached to an aromatic ring is 1. The Balaban J connectivity index is 2.46. The van der Waals surface area contributed by atoms with Crippen LogP contribution in [0.4, 0.5) is 11.6 Å². The molecule has 0 bridgehead atoms. The summed E-state index contributed by atoms with van der Waals surface area (Å²) in [6.45, 7) is 3.63. The number of nitrogens with zero attached hydrogens (tertiary/aromatic N) is 2. The molecule has 23 heavy (non-hydrogen) atoms. The fourth-order valence-electron chi connectivity index (χ4n) is 1.96. The number of carbonyl (C=O) groups excluding carboxylic acids is 1. The molecule has 1 aromatic carbocycles. The summed E-state index contributed by atoms with van der Waals surface area (Å²) in [5.41, 5.74) is 6.50. The summed E-state index contributed by atoms with van der Waals surface area (Å²) >= 11 is 0. The number of aromatic amines is 1. The van der Waals surface area contributed by atoms with Crippen molar-refractivity contribution in [3.8, 4) is 0 Å². The molecule has 0 spiro atoms. The number of ether oxygens (including phenoxy) is 1. The van der Waals surface area contributed by atoms with E-state index < -0.39 is 16.0 Å². The second-order valence-electron chi connectivity index (χ2n) is 4.84. The molecule has 0 fully saturated rings. The van der Waals surface area contributed by atoms with Crippen LogP contribution in [0.25, 0.3) is 0 Å². The largest absolute Gasteiger partial charge is 0.462 e. The Hall–Kier alpha value is -2.55. The van der Waals surface area contributed by atoms with E-state index in [4.69, 9.17) is 10.5 Å². The lowest BCUT2D eigenvalue weighted by Gasteiger charge is -2.18. The highest BCUT2D eigenvalue weighted by Gasteiger charge is 2.30. The molecule has 9 heteroatoms. The van der Waals surface area contributed by atoms with Crippen molar-refractivity contribution < 1.29 is 17.9 Å². The zero-order valence-electron chi connectivity index (χ0n) is 13.0. The predicted octanol–water partition coefficient (Wildman–Crippen LogP) is 1.30. The summed E-state index contributed by atoms with van der Waals surface area (Å²) in [4.78, 5) is 12.1. The van der Waals surface area contributed by atoms with Gasteiger partial charge < -0.3 is 10.5 Å². The van der Waals surface area contributed by atoms with Gasteiger partial charge in [-0.1, -0.05) is 17.7 Å². The standard InChI is InChI=1S/C14H18N4O4S/c1-4-22-14(19)11-12(15)16-17-13(11)18(3)23(20,21)10-7-5-9(2)6-8-10/h5-8H,4H2,1-3H3,(H3,15,16,17). The van der Waals surface area contributed by atoms with Gasteiger partial charge in [0, 0.05) is 7.05 Å². The Morgan fingerprint density at radius 1 is 1.35 bits per heavy atom. The second-order valence-corrected chi connectivity index (χ2v) is 6.81. The Morgan fingerprint density at radius 3 is 2.52 bits per heavy atom. The van der Waals surface area contributed by atoms with Crippen molar-refractivity contribution in [3.05, 3.63) is 35.4 Å². The summed E-state index contributed by atoms with van der Waals surface area (Å²) in [6.07, 6.45) is 0. The van der Waals surface area contributed by atoms with Crippen LogP contribution in [0.5, 0.6) is 0 Å². The zero-order valence-corrected chi connectivity index (χ0v) is 13.8. The van der Waals surface area contributed by atoms with E-state index in [1.54, 1.807) is 19.1 Å². The monoisotopic (exact) mass is 338 g/mol. The average molecular weight is 338 g/mol.